The Bertz CT molecular complexity index is 1440. The molecule has 0 bridgehead atoms. The van der Waals surface area contributed by atoms with Crippen LogP contribution in [0, 0.1) is 0 Å². The predicted molar refractivity (Wildman–Crippen MR) is 140 cm³/mol. The van der Waals surface area contributed by atoms with Gasteiger partial charge in [-0.25, -0.2) is 9.59 Å². The van der Waals surface area contributed by atoms with E-state index in [0.717, 1.165) is 21.5 Å². The molecule has 184 valence electrons. The molecule has 0 aliphatic carbocycles. The van der Waals surface area contributed by atoms with Crippen molar-refractivity contribution in [3.05, 3.63) is 60.7 Å². The van der Waals surface area contributed by atoms with Crippen LogP contribution in [0.5, 0.6) is 11.5 Å². The molecule has 1 heterocycles. The van der Waals surface area contributed by atoms with E-state index in [-0.39, 0.29) is 25.2 Å². The number of ether oxygens (including phenoxy) is 4. The van der Waals surface area contributed by atoms with Crippen LogP contribution >= 0.6 is 23.5 Å². The fourth-order valence-corrected chi connectivity index (χ4v) is 6.39. The Balaban J connectivity index is 1.37. The number of fused-ring (bicyclic) bond motifs is 5. The summed E-state index contributed by atoms with van der Waals surface area (Å²) in [6.07, 6.45) is 0. The van der Waals surface area contributed by atoms with Gasteiger partial charge in [0.25, 0.3) is 0 Å². The third kappa shape index (κ3) is 5.24. The van der Waals surface area contributed by atoms with Gasteiger partial charge >= 0.3 is 11.9 Å². The third-order valence-electron chi connectivity index (χ3n) is 5.54. The summed E-state index contributed by atoms with van der Waals surface area (Å²) in [4.78, 5) is 28.0. The van der Waals surface area contributed by atoms with E-state index in [1.54, 1.807) is 37.4 Å². The molecule has 0 atom stereocenters. The van der Waals surface area contributed by atoms with Crippen LogP contribution < -0.4 is 9.47 Å². The molecule has 0 amide bonds. The van der Waals surface area contributed by atoms with Crippen LogP contribution in [0.2, 0.25) is 0 Å². The van der Waals surface area contributed by atoms with Gasteiger partial charge in [0.15, 0.2) is 13.2 Å². The van der Waals surface area contributed by atoms with Crippen molar-refractivity contribution in [3.63, 3.8) is 0 Å². The summed E-state index contributed by atoms with van der Waals surface area (Å²) in [5, 5.41) is 4.34. The minimum Gasteiger partial charge on any atom is -0.482 e. The molecule has 0 unspecified atom stereocenters. The molecule has 8 heteroatoms. The van der Waals surface area contributed by atoms with Gasteiger partial charge in [0.1, 0.15) is 11.5 Å². The lowest BCUT2D eigenvalue weighted by molar-refractivity contribution is -0.146. The van der Waals surface area contributed by atoms with Crippen LogP contribution in [0.15, 0.2) is 80.2 Å². The molecule has 0 spiro atoms. The van der Waals surface area contributed by atoms with Gasteiger partial charge in [-0.2, -0.15) is 0 Å². The summed E-state index contributed by atoms with van der Waals surface area (Å²) in [7, 11) is 0. The smallest absolute Gasteiger partial charge is 0.344 e. The standard InChI is InChI=1S/C28H24O6S2/c1-3-31-26(29)15-33-20-7-5-17-13-25-24(14-19(17)12-20)35-23-10-6-18-11-21(34-16-27(30)32-4-2)8-9-22(18)28(23)36-25/h5-14H,3-4,15-16H2,1-2H3. The highest BCUT2D eigenvalue weighted by Gasteiger charge is 2.20. The van der Waals surface area contributed by atoms with E-state index in [1.807, 2.05) is 36.4 Å². The predicted octanol–water partition coefficient (Wildman–Crippen LogP) is 6.49. The van der Waals surface area contributed by atoms with Gasteiger partial charge in [0, 0.05) is 19.6 Å². The average molecular weight is 521 g/mol. The number of benzene rings is 4. The van der Waals surface area contributed by atoms with E-state index in [2.05, 4.69) is 24.3 Å². The second-order valence-electron chi connectivity index (χ2n) is 7.98. The maximum absolute atomic E-state index is 11.6. The first kappa shape index (κ1) is 24.3. The SMILES string of the molecule is CCOC(=O)COc1ccc2cc3c(cc2c1)Sc1ccc2cc(OCC(=O)OCC)ccc2c1S3. The molecular formula is C28H24O6S2. The first-order chi connectivity index (χ1) is 17.5. The summed E-state index contributed by atoms with van der Waals surface area (Å²) in [5.74, 6) is 0.515. The van der Waals surface area contributed by atoms with Crippen molar-refractivity contribution in [1.82, 2.24) is 0 Å². The van der Waals surface area contributed by atoms with Crippen molar-refractivity contribution in [2.24, 2.45) is 0 Å². The molecule has 0 N–H and O–H groups in total. The highest BCUT2D eigenvalue weighted by Crippen LogP contribution is 2.52. The zero-order chi connectivity index (χ0) is 25.1. The maximum atomic E-state index is 11.6. The molecule has 1 aliphatic rings. The summed E-state index contributed by atoms with van der Waals surface area (Å²) in [5.41, 5.74) is 0. The third-order valence-corrected chi connectivity index (χ3v) is 8.11. The Morgan fingerprint density at radius 1 is 0.639 bits per heavy atom. The normalized spacial score (nSPS) is 12.1. The van der Waals surface area contributed by atoms with Crippen LogP contribution in [0.3, 0.4) is 0 Å². The zero-order valence-electron chi connectivity index (χ0n) is 19.9. The minimum absolute atomic E-state index is 0.106. The minimum atomic E-state index is -0.378. The van der Waals surface area contributed by atoms with Crippen LogP contribution in [0.4, 0.5) is 0 Å². The molecule has 0 aromatic heterocycles. The van der Waals surface area contributed by atoms with E-state index in [9.17, 15) is 9.59 Å². The summed E-state index contributed by atoms with van der Waals surface area (Å²) < 4.78 is 21.1. The van der Waals surface area contributed by atoms with Crippen molar-refractivity contribution < 1.29 is 28.5 Å². The molecule has 5 rings (SSSR count). The van der Waals surface area contributed by atoms with Crippen molar-refractivity contribution in [1.29, 1.82) is 0 Å². The second-order valence-corrected chi connectivity index (χ2v) is 10.1. The number of carbonyl (C=O) groups excluding carboxylic acids is 2. The van der Waals surface area contributed by atoms with Crippen LogP contribution in [-0.4, -0.2) is 38.4 Å². The number of carbonyl (C=O) groups is 2. The number of rotatable bonds is 8. The van der Waals surface area contributed by atoms with Gasteiger partial charge in [-0.3, -0.25) is 0 Å². The van der Waals surface area contributed by atoms with Crippen molar-refractivity contribution in [3.8, 4) is 11.5 Å². The van der Waals surface area contributed by atoms with Gasteiger partial charge in [-0.1, -0.05) is 35.7 Å². The highest BCUT2D eigenvalue weighted by molar-refractivity contribution is 8.05. The van der Waals surface area contributed by atoms with Gasteiger partial charge in [0.2, 0.25) is 0 Å². The zero-order valence-corrected chi connectivity index (χ0v) is 21.5. The molecule has 0 saturated carbocycles. The number of hydrogen-bond acceptors (Lipinski definition) is 8. The number of hydrogen-bond donors (Lipinski definition) is 0. The van der Waals surface area contributed by atoms with Gasteiger partial charge in [-0.15, -0.1) is 0 Å². The molecule has 4 aromatic carbocycles. The quantitative estimate of drug-likeness (QED) is 0.215. The monoisotopic (exact) mass is 520 g/mol. The van der Waals surface area contributed by atoms with Crippen LogP contribution in [-0.2, 0) is 19.1 Å². The largest absolute Gasteiger partial charge is 0.482 e. The van der Waals surface area contributed by atoms with Crippen molar-refractivity contribution in [2.75, 3.05) is 26.4 Å². The fourth-order valence-electron chi connectivity index (χ4n) is 3.94. The second kappa shape index (κ2) is 10.7. The lowest BCUT2D eigenvalue weighted by Crippen LogP contribution is -2.14. The Labute approximate surface area is 217 Å². The number of esters is 2. The Hall–Kier alpha value is -3.36. The topological polar surface area (TPSA) is 71.1 Å². The van der Waals surface area contributed by atoms with Gasteiger partial charge in [0.05, 0.1) is 13.2 Å². The van der Waals surface area contributed by atoms with E-state index in [0.29, 0.717) is 24.7 Å². The van der Waals surface area contributed by atoms with Gasteiger partial charge in [-0.05, 0) is 83.9 Å². The Kier molecular flexibility index (Phi) is 7.25. The summed E-state index contributed by atoms with van der Waals surface area (Å²) in [6.45, 7) is 4.00. The van der Waals surface area contributed by atoms with E-state index in [4.69, 9.17) is 18.9 Å². The van der Waals surface area contributed by atoms with E-state index in [1.165, 1.54) is 19.6 Å². The van der Waals surface area contributed by atoms with E-state index < -0.39 is 0 Å². The first-order valence-corrected chi connectivity index (χ1v) is 13.2. The lowest BCUT2D eigenvalue weighted by Gasteiger charge is -2.21. The summed E-state index contributed by atoms with van der Waals surface area (Å²) in [6, 6.07) is 20.3. The fraction of sp³-hybridized carbons (Fsp3) is 0.214. The molecule has 0 fully saturated rings. The van der Waals surface area contributed by atoms with E-state index >= 15 is 0 Å². The first-order valence-electron chi connectivity index (χ1n) is 11.6. The average Bonchev–Trinajstić information content (AvgIpc) is 2.88. The Morgan fingerprint density at radius 2 is 1.22 bits per heavy atom. The molecule has 0 saturated heterocycles. The highest BCUT2D eigenvalue weighted by atomic mass is 32.2. The van der Waals surface area contributed by atoms with Crippen LogP contribution in [0.1, 0.15) is 13.8 Å². The van der Waals surface area contributed by atoms with Crippen LogP contribution in [0.25, 0.3) is 21.5 Å². The molecule has 36 heavy (non-hydrogen) atoms. The lowest BCUT2D eigenvalue weighted by atomic mass is 10.1. The van der Waals surface area contributed by atoms with Crippen molar-refractivity contribution in [2.45, 2.75) is 33.4 Å². The van der Waals surface area contributed by atoms with Crippen molar-refractivity contribution >= 4 is 57.0 Å². The maximum Gasteiger partial charge on any atom is 0.344 e. The Morgan fingerprint density at radius 3 is 1.92 bits per heavy atom. The molecule has 4 aromatic rings. The molecule has 1 aliphatic heterocycles. The molecular weight excluding hydrogens is 496 g/mol. The molecule has 0 radical (unpaired) electrons. The van der Waals surface area contributed by atoms with Gasteiger partial charge < -0.3 is 18.9 Å². The summed E-state index contributed by atoms with van der Waals surface area (Å²) >= 11 is 3.49. The molecule has 6 nitrogen and oxygen atoms in total.